The first-order chi connectivity index (χ1) is 12.6. The highest BCUT2D eigenvalue weighted by Crippen LogP contribution is 2.15. The highest BCUT2D eigenvalue weighted by Gasteiger charge is 2.29. The topological polar surface area (TPSA) is 96.0 Å². The summed E-state index contributed by atoms with van der Waals surface area (Å²) in [6, 6.07) is -0.997. The van der Waals surface area contributed by atoms with Crippen LogP contribution in [-0.2, 0) is 9.59 Å². The summed E-state index contributed by atoms with van der Waals surface area (Å²) < 4.78 is 0. The van der Waals surface area contributed by atoms with Crippen LogP contribution < -0.4 is 5.73 Å². The third-order valence-electron chi connectivity index (χ3n) is 4.41. The largest absolute Gasteiger partial charge is 0.480 e. The van der Waals surface area contributed by atoms with E-state index in [1.165, 1.54) is 38.5 Å². The van der Waals surface area contributed by atoms with E-state index in [4.69, 9.17) is 5.73 Å². The third kappa shape index (κ3) is 12.1. The van der Waals surface area contributed by atoms with Crippen molar-refractivity contribution in [2.24, 2.45) is 10.8 Å². The van der Waals surface area contributed by atoms with Gasteiger partial charge < -0.3 is 10.8 Å². The Morgan fingerprint density at radius 3 is 2.12 bits per heavy atom. The van der Waals surface area contributed by atoms with Crippen molar-refractivity contribution >= 4 is 29.3 Å². The summed E-state index contributed by atoms with van der Waals surface area (Å²) in [6.45, 7) is 2.70. The molecule has 0 unspecified atom stereocenters. The molecule has 150 valence electrons. The number of nitrogens with two attached hydrogens (primary N) is 1. The molecule has 0 aliphatic rings. The van der Waals surface area contributed by atoms with Gasteiger partial charge in [0.05, 0.1) is 5.16 Å². The Morgan fingerprint density at radius 2 is 1.62 bits per heavy atom. The summed E-state index contributed by atoms with van der Waals surface area (Å²) in [5, 5.41) is 16.3. The maximum Gasteiger partial charge on any atom is 0.328 e. The van der Waals surface area contributed by atoms with E-state index >= 15 is 0 Å². The maximum atomic E-state index is 12.4. The van der Waals surface area contributed by atoms with Gasteiger partial charge in [0.2, 0.25) is 5.91 Å². The van der Waals surface area contributed by atoms with Gasteiger partial charge in [0.15, 0.2) is 6.04 Å². The van der Waals surface area contributed by atoms with Crippen LogP contribution in [0.15, 0.2) is 5.10 Å². The molecular formula is C19H35N3O3S. The first kappa shape index (κ1) is 24.7. The molecule has 0 aromatic heterocycles. The van der Waals surface area contributed by atoms with E-state index in [-0.39, 0.29) is 12.3 Å². The second-order valence-corrected chi connectivity index (χ2v) is 6.83. The second-order valence-electron chi connectivity index (χ2n) is 6.65. The number of carboxylic acids is 1. The number of rotatable bonds is 17. The highest BCUT2D eigenvalue weighted by molar-refractivity contribution is 7.78. The fourth-order valence-electron chi connectivity index (χ4n) is 2.88. The molecule has 26 heavy (non-hydrogen) atoms. The molecule has 0 rings (SSSR count). The summed E-state index contributed by atoms with van der Waals surface area (Å²) in [7, 11) is 0. The van der Waals surface area contributed by atoms with Crippen LogP contribution in [0.25, 0.3) is 0 Å². The Bertz CT molecular complexity index is 440. The van der Waals surface area contributed by atoms with E-state index in [2.05, 4.69) is 29.4 Å². The minimum Gasteiger partial charge on any atom is -0.480 e. The van der Waals surface area contributed by atoms with Crippen molar-refractivity contribution in [2.45, 2.75) is 96.4 Å². The quantitative estimate of drug-likeness (QED) is 0.168. The maximum absolute atomic E-state index is 12.4. The molecule has 1 atom stereocenters. The molecule has 3 N–H and O–H groups in total. The minimum atomic E-state index is -1.07. The third-order valence-corrected chi connectivity index (χ3v) is 4.49. The molecule has 0 aliphatic heterocycles. The van der Waals surface area contributed by atoms with Crippen LogP contribution >= 0.6 is 12.2 Å². The van der Waals surface area contributed by atoms with Crippen LogP contribution in [0.3, 0.4) is 0 Å². The lowest BCUT2D eigenvalue weighted by atomic mass is 10.1. The molecule has 0 aromatic carbocycles. The molecule has 0 spiro atoms. The number of amides is 1. The number of unbranched alkanes of at least 4 members (excludes halogenated alkanes) is 9. The standard InChI is InChI=1S/C19H35N3O3S/c1-2-3-4-5-6-7-8-9-10-14-18(23)22(21-16-26)17(19(24)25)13-11-12-15-20/h17H,2-15,20H2,1H3,(H,24,25)/t17-/m0/s1. The number of carbonyl (C=O) groups excluding carboxylic acids is 1. The zero-order valence-corrected chi connectivity index (χ0v) is 16.9. The Morgan fingerprint density at radius 1 is 1.04 bits per heavy atom. The fraction of sp³-hybridized carbons (Fsp3) is 0.842. The van der Waals surface area contributed by atoms with Gasteiger partial charge in [-0.15, -0.1) is 5.10 Å². The van der Waals surface area contributed by atoms with Crippen LogP contribution in [0.2, 0.25) is 0 Å². The van der Waals surface area contributed by atoms with Gasteiger partial charge in [0.1, 0.15) is 0 Å². The smallest absolute Gasteiger partial charge is 0.328 e. The number of hydrogen-bond acceptors (Lipinski definition) is 5. The summed E-state index contributed by atoms with van der Waals surface area (Å²) in [5.41, 5.74) is 5.44. The second kappa shape index (κ2) is 17.1. The molecule has 0 saturated heterocycles. The van der Waals surface area contributed by atoms with Gasteiger partial charge in [-0.2, -0.15) is 0 Å². The molecule has 6 nitrogen and oxygen atoms in total. The van der Waals surface area contributed by atoms with Crippen molar-refractivity contribution in [3.8, 4) is 0 Å². The van der Waals surface area contributed by atoms with E-state index in [1.807, 2.05) is 0 Å². The number of carboxylic acid groups (broad SMARTS) is 1. The number of nitrogens with zero attached hydrogens (tertiary/aromatic N) is 2. The molecule has 0 aliphatic carbocycles. The van der Waals surface area contributed by atoms with E-state index in [0.29, 0.717) is 25.8 Å². The van der Waals surface area contributed by atoms with Crippen LogP contribution in [0.4, 0.5) is 0 Å². The predicted molar refractivity (Wildman–Crippen MR) is 108 cm³/mol. The first-order valence-electron chi connectivity index (χ1n) is 9.91. The Hall–Kier alpha value is -1.30. The molecule has 0 aromatic rings. The zero-order chi connectivity index (χ0) is 19.6. The lowest BCUT2D eigenvalue weighted by molar-refractivity contribution is -0.150. The number of aliphatic carboxylic acids is 1. The van der Waals surface area contributed by atoms with Crippen molar-refractivity contribution in [1.82, 2.24) is 5.01 Å². The van der Waals surface area contributed by atoms with Crippen molar-refractivity contribution < 1.29 is 14.7 Å². The average Bonchev–Trinajstić information content (AvgIpc) is 2.62. The average molecular weight is 386 g/mol. The van der Waals surface area contributed by atoms with Gasteiger partial charge in [-0.25, -0.2) is 9.80 Å². The number of hydrogen-bond donors (Lipinski definition) is 2. The van der Waals surface area contributed by atoms with E-state index in [0.717, 1.165) is 24.3 Å². The molecule has 7 heteroatoms. The zero-order valence-electron chi connectivity index (χ0n) is 16.1. The van der Waals surface area contributed by atoms with E-state index < -0.39 is 12.0 Å². The van der Waals surface area contributed by atoms with Crippen molar-refractivity contribution in [3.05, 3.63) is 0 Å². The molecule has 1 amide bonds. The number of isothiocyanates is 1. The molecular weight excluding hydrogens is 350 g/mol. The monoisotopic (exact) mass is 385 g/mol. The van der Waals surface area contributed by atoms with Crippen LogP contribution in [0.5, 0.6) is 0 Å². The van der Waals surface area contributed by atoms with Crippen LogP contribution in [0, 0.1) is 0 Å². The Labute approximate surface area is 163 Å². The van der Waals surface area contributed by atoms with Crippen LogP contribution in [-0.4, -0.2) is 39.7 Å². The normalized spacial score (nSPS) is 11.6. The van der Waals surface area contributed by atoms with E-state index in [1.54, 1.807) is 0 Å². The lowest BCUT2D eigenvalue weighted by Crippen LogP contribution is -2.41. The highest BCUT2D eigenvalue weighted by atomic mass is 32.1. The van der Waals surface area contributed by atoms with Crippen molar-refractivity contribution in [1.29, 1.82) is 0 Å². The Balaban J connectivity index is 4.24. The van der Waals surface area contributed by atoms with Gasteiger partial charge in [-0.3, -0.25) is 4.79 Å². The Kier molecular flexibility index (Phi) is 16.3. The van der Waals surface area contributed by atoms with E-state index in [9.17, 15) is 14.7 Å². The van der Waals surface area contributed by atoms with Gasteiger partial charge in [0.25, 0.3) is 0 Å². The summed E-state index contributed by atoms with van der Waals surface area (Å²) >= 11 is 4.58. The number of thiocarbonyl (C=S) groups is 1. The molecule has 0 saturated carbocycles. The number of carbonyl (C=O) groups is 2. The molecule has 0 bridgehead atoms. The summed E-state index contributed by atoms with van der Waals surface area (Å²) in [6.07, 6.45) is 12.4. The van der Waals surface area contributed by atoms with Crippen LogP contribution in [0.1, 0.15) is 90.4 Å². The lowest BCUT2D eigenvalue weighted by Gasteiger charge is -2.23. The molecule has 0 radical (unpaired) electrons. The SMILES string of the molecule is CCCCCCCCCCCC(=O)N(N=C=S)[C@@H](CCCCN)C(=O)O. The fourth-order valence-corrected chi connectivity index (χ4v) is 2.97. The van der Waals surface area contributed by atoms with Gasteiger partial charge in [-0.05, 0) is 44.4 Å². The molecule has 0 heterocycles. The predicted octanol–water partition coefficient (Wildman–Crippen LogP) is 4.34. The minimum absolute atomic E-state index is 0.289. The van der Waals surface area contributed by atoms with Crippen molar-refractivity contribution in [3.63, 3.8) is 0 Å². The van der Waals surface area contributed by atoms with Gasteiger partial charge >= 0.3 is 5.97 Å². The van der Waals surface area contributed by atoms with Crippen molar-refractivity contribution in [2.75, 3.05) is 6.54 Å². The van der Waals surface area contributed by atoms with Gasteiger partial charge in [-0.1, -0.05) is 58.3 Å². The molecule has 0 fully saturated rings. The first-order valence-corrected chi connectivity index (χ1v) is 10.3. The summed E-state index contributed by atoms with van der Waals surface area (Å²) in [5.74, 6) is -1.37. The van der Waals surface area contributed by atoms with Gasteiger partial charge in [0, 0.05) is 6.42 Å². The summed E-state index contributed by atoms with van der Waals surface area (Å²) in [4.78, 5) is 23.9. The number of hydrazone groups is 1.